The Morgan fingerprint density at radius 2 is 1.90 bits per heavy atom. The number of methoxy groups -OCH3 is 1. The van der Waals surface area contributed by atoms with Gasteiger partial charge in [0.1, 0.15) is 35.7 Å². The molecule has 0 bridgehead atoms. The summed E-state index contributed by atoms with van der Waals surface area (Å²) in [6, 6.07) is 13.4. The van der Waals surface area contributed by atoms with E-state index < -0.39 is 0 Å². The highest BCUT2D eigenvalue weighted by atomic mass is 79.9. The molecule has 31 heavy (non-hydrogen) atoms. The molecule has 3 heterocycles. The first kappa shape index (κ1) is 19.3. The Morgan fingerprint density at radius 1 is 1.00 bits per heavy atom. The molecule has 0 saturated heterocycles. The van der Waals surface area contributed by atoms with Crippen molar-refractivity contribution in [1.29, 1.82) is 0 Å². The quantitative estimate of drug-likeness (QED) is 0.368. The lowest BCUT2D eigenvalue weighted by molar-refractivity contribution is 0.417. The number of ether oxygens (including phenoxy) is 2. The van der Waals surface area contributed by atoms with Gasteiger partial charge < -0.3 is 14.8 Å². The minimum atomic E-state index is 0.661. The highest BCUT2D eigenvalue weighted by molar-refractivity contribution is 9.10. The lowest BCUT2D eigenvalue weighted by Gasteiger charge is -2.14. The lowest BCUT2D eigenvalue weighted by atomic mass is 10.1. The molecule has 9 heteroatoms. The van der Waals surface area contributed by atoms with Crippen LogP contribution in [0.1, 0.15) is 5.56 Å². The second-order valence-electron chi connectivity index (χ2n) is 6.83. The summed E-state index contributed by atoms with van der Waals surface area (Å²) >= 11 is 3.53. The Hall–Kier alpha value is -3.72. The monoisotopic (exact) mass is 476 g/mol. The highest BCUT2D eigenvalue weighted by Gasteiger charge is 2.14. The Bertz CT molecular complexity index is 1420. The molecule has 5 rings (SSSR count). The first-order valence-corrected chi connectivity index (χ1v) is 10.2. The molecule has 0 saturated carbocycles. The van der Waals surface area contributed by atoms with E-state index in [0.717, 1.165) is 38.0 Å². The van der Waals surface area contributed by atoms with Gasteiger partial charge >= 0.3 is 0 Å². The SMILES string of the molecule is COc1c(Br)ccc2ncnc(Nc3ccc(Oc4ccn5ncnc5c4)c(C)c3)c12. The molecule has 2 aromatic carbocycles. The molecule has 0 amide bonds. The number of anilines is 2. The van der Waals surface area contributed by atoms with Crippen LogP contribution in [0.2, 0.25) is 0 Å². The second-order valence-corrected chi connectivity index (χ2v) is 7.68. The van der Waals surface area contributed by atoms with Gasteiger partial charge in [-0.05, 0) is 64.8 Å². The van der Waals surface area contributed by atoms with Crippen molar-refractivity contribution in [2.24, 2.45) is 0 Å². The van der Waals surface area contributed by atoms with Crippen LogP contribution in [0, 0.1) is 6.92 Å². The van der Waals surface area contributed by atoms with E-state index in [1.807, 2.05) is 55.6 Å². The molecule has 5 aromatic rings. The summed E-state index contributed by atoms with van der Waals surface area (Å²) in [6.07, 6.45) is 4.85. The molecule has 0 aliphatic rings. The van der Waals surface area contributed by atoms with Crippen LogP contribution in [0.3, 0.4) is 0 Å². The third-order valence-corrected chi connectivity index (χ3v) is 5.45. The predicted octanol–water partition coefficient (Wildman–Crippen LogP) is 5.29. The smallest absolute Gasteiger partial charge is 0.158 e. The van der Waals surface area contributed by atoms with Crippen LogP contribution >= 0.6 is 15.9 Å². The van der Waals surface area contributed by atoms with Gasteiger partial charge in [0.2, 0.25) is 0 Å². The fourth-order valence-electron chi connectivity index (χ4n) is 3.36. The largest absolute Gasteiger partial charge is 0.495 e. The van der Waals surface area contributed by atoms with E-state index in [9.17, 15) is 0 Å². The predicted molar refractivity (Wildman–Crippen MR) is 121 cm³/mol. The number of pyridine rings is 1. The van der Waals surface area contributed by atoms with Gasteiger partial charge in [0, 0.05) is 18.0 Å². The van der Waals surface area contributed by atoms with Crippen molar-refractivity contribution in [1.82, 2.24) is 24.6 Å². The molecule has 8 nitrogen and oxygen atoms in total. The number of aromatic nitrogens is 5. The van der Waals surface area contributed by atoms with Crippen LogP contribution in [0.5, 0.6) is 17.2 Å². The van der Waals surface area contributed by atoms with Gasteiger partial charge in [0.05, 0.1) is 22.5 Å². The number of hydrogen-bond acceptors (Lipinski definition) is 7. The summed E-state index contributed by atoms with van der Waals surface area (Å²) in [5, 5.41) is 8.27. The van der Waals surface area contributed by atoms with Gasteiger partial charge in [0.15, 0.2) is 5.65 Å². The van der Waals surface area contributed by atoms with Crippen LogP contribution in [0.25, 0.3) is 16.6 Å². The van der Waals surface area contributed by atoms with Crippen molar-refractivity contribution < 1.29 is 9.47 Å². The van der Waals surface area contributed by atoms with Gasteiger partial charge in [-0.25, -0.2) is 19.5 Å². The molecule has 0 atom stereocenters. The molecule has 0 aliphatic heterocycles. The summed E-state index contributed by atoms with van der Waals surface area (Å²) < 4.78 is 14.1. The second kappa shape index (κ2) is 7.84. The van der Waals surface area contributed by atoms with Crippen molar-refractivity contribution in [3.63, 3.8) is 0 Å². The summed E-state index contributed by atoms with van der Waals surface area (Å²) in [6.45, 7) is 1.99. The van der Waals surface area contributed by atoms with E-state index in [1.54, 1.807) is 11.6 Å². The van der Waals surface area contributed by atoms with Gasteiger partial charge in [-0.1, -0.05) is 0 Å². The average Bonchev–Trinajstić information content (AvgIpc) is 3.24. The minimum Gasteiger partial charge on any atom is -0.495 e. The Balaban J connectivity index is 1.45. The number of nitrogens with zero attached hydrogens (tertiary/aromatic N) is 5. The first-order valence-electron chi connectivity index (χ1n) is 9.44. The Labute approximate surface area is 186 Å². The number of aryl methyl sites for hydroxylation is 1. The first-order chi connectivity index (χ1) is 15.1. The Morgan fingerprint density at radius 3 is 2.74 bits per heavy atom. The molecule has 0 spiro atoms. The lowest BCUT2D eigenvalue weighted by Crippen LogP contribution is -1.99. The van der Waals surface area contributed by atoms with E-state index in [0.29, 0.717) is 17.3 Å². The van der Waals surface area contributed by atoms with Crippen molar-refractivity contribution in [2.75, 3.05) is 12.4 Å². The van der Waals surface area contributed by atoms with Gasteiger partial charge in [-0.3, -0.25) is 0 Å². The summed E-state index contributed by atoms with van der Waals surface area (Å²) in [5.74, 6) is 2.79. The van der Waals surface area contributed by atoms with Crippen LogP contribution in [0.4, 0.5) is 11.5 Å². The Kier molecular flexibility index (Phi) is 4.87. The van der Waals surface area contributed by atoms with E-state index in [1.165, 1.54) is 12.7 Å². The van der Waals surface area contributed by atoms with Crippen molar-refractivity contribution >= 4 is 44.0 Å². The molecule has 1 N–H and O–H groups in total. The average molecular weight is 477 g/mol. The van der Waals surface area contributed by atoms with Crippen molar-refractivity contribution in [2.45, 2.75) is 6.92 Å². The van der Waals surface area contributed by atoms with Gasteiger partial charge in [0.25, 0.3) is 0 Å². The maximum Gasteiger partial charge on any atom is 0.158 e. The molecular weight excluding hydrogens is 460 g/mol. The maximum absolute atomic E-state index is 6.05. The van der Waals surface area contributed by atoms with Crippen LogP contribution in [0.15, 0.2) is 65.8 Å². The van der Waals surface area contributed by atoms with E-state index in [-0.39, 0.29) is 0 Å². The molecule has 154 valence electrons. The number of fused-ring (bicyclic) bond motifs is 2. The fourth-order valence-corrected chi connectivity index (χ4v) is 3.85. The number of benzene rings is 2. The molecule has 0 radical (unpaired) electrons. The van der Waals surface area contributed by atoms with Crippen molar-refractivity contribution in [3.8, 4) is 17.2 Å². The number of hydrogen-bond donors (Lipinski definition) is 1. The molecule has 0 fully saturated rings. The zero-order valence-electron chi connectivity index (χ0n) is 16.7. The number of rotatable bonds is 5. The highest BCUT2D eigenvalue weighted by Crippen LogP contribution is 2.37. The summed E-state index contributed by atoms with van der Waals surface area (Å²) in [5.41, 5.74) is 3.36. The fraction of sp³-hybridized carbons (Fsp3) is 0.0909. The molecule has 0 aliphatic carbocycles. The van der Waals surface area contributed by atoms with Gasteiger partial charge in [-0.15, -0.1) is 0 Å². The number of nitrogens with one attached hydrogen (secondary N) is 1. The molecule has 0 unspecified atom stereocenters. The standard InChI is InChI=1S/C22H17BrN6O2/c1-13-9-14(3-6-18(13)31-15-7-8-29-19(10-15)25-12-27-29)28-22-20-17(24-11-26-22)5-4-16(23)21(20)30-2/h3-12H,1-2H3,(H,24,26,28). The van der Waals surface area contributed by atoms with E-state index in [2.05, 4.69) is 41.3 Å². The third-order valence-electron chi connectivity index (χ3n) is 4.83. The molecule has 3 aromatic heterocycles. The third kappa shape index (κ3) is 3.64. The summed E-state index contributed by atoms with van der Waals surface area (Å²) in [7, 11) is 1.63. The van der Waals surface area contributed by atoms with Crippen LogP contribution in [-0.4, -0.2) is 31.7 Å². The normalized spacial score (nSPS) is 11.1. The van der Waals surface area contributed by atoms with Crippen LogP contribution < -0.4 is 14.8 Å². The van der Waals surface area contributed by atoms with E-state index in [4.69, 9.17) is 9.47 Å². The summed E-state index contributed by atoms with van der Waals surface area (Å²) in [4.78, 5) is 13.0. The van der Waals surface area contributed by atoms with Gasteiger partial charge in [-0.2, -0.15) is 5.10 Å². The zero-order valence-corrected chi connectivity index (χ0v) is 18.3. The van der Waals surface area contributed by atoms with E-state index >= 15 is 0 Å². The molecular formula is C22H17BrN6O2. The topological polar surface area (TPSA) is 86.5 Å². The minimum absolute atomic E-state index is 0.661. The zero-order chi connectivity index (χ0) is 21.4. The van der Waals surface area contributed by atoms with Crippen LogP contribution in [-0.2, 0) is 0 Å². The van der Waals surface area contributed by atoms with Crippen molar-refractivity contribution in [3.05, 3.63) is 71.4 Å². The number of halogens is 1. The maximum atomic E-state index is 6.05.